The average molecular weight is 272 g/mol. The van der Waals surface area contributed by atoms with Gasteiger partial charge >= 0.3 is 0 Å². The third-order valence-corrected chi connectivity index (χ3v) is 2.99. The maximum absolute atomic E-state index is 5.99. The van der Waals surface area contributed by atoms with Gasteiger partial charge in [0.15, 0.2) is 11.6 Å². The van der Waals surface area contributed by atoms with Crippen molar-refractivity contribution in [1.29, 1.82) is 0 Å². The molecule has 0 spiro atoms. The summed E-state index contributed by atoms with van der Waals surface area (Å²) in [4.78, 5) is 4.08. The Bertz CT molecular complexity index is 710. The van der Waals surface area contributed by atoms with Gasteiger partial charge in [0.05, 0.1) is 5.56 Å². The van der Waals surface area contributed by atoms with E-state index in [1.165, 1.54) is 0 Å². The van der Waals surface area contributed by atoms with Gasteiger partial charge in [-0.15, -0.1) is 0 Å². The van der Waals surface area contributed by atoms with E-state index in [0.29, 0.717) is 16.6 Å². The largest absolute Gasteiger partial charge is 0.380 e. The normalized spacial score (nSPS) is 10.6. The van der Waals surface area contributed by atoms with E-state index in [0.717, 1.165) is 16.7 Å². The lowest BCUT2D eigenvalue weighted by Gasteiger charge is -2.02. The average Bonchev–Trinajstić information content (AvgIpc) is 2.82. The highest BCUT2D eigenvalue weighted by atomic mass is 35.5. The topological polar surface area (TPSA) is 64.9 Å². The molecule has 2 heterocycles. The fourth-order valence-corrected chi connectivity index (χ4v) is 2.11. The highest BCUT2D eigenvalue weighted by molar-refractivity contribution is 6.30. The van der Waals surface area contributed by atoms with Crippen LogP contribution in [0.3, 0.4) is 0 Å². The maximum atomic E-state index is 5.99. The SMILES string of the molecule is Nc1noc(-c2cccc(Cl)c2)c1-c1cccnc1. The number of pyridine rings is 1. The molecule has 94 valence electrons. The molecule has 0 unspecified atom stereocenters. The van der Waals surface area contributed by atoms with Gasteiger partial charge in [-0.1, -0.05) is 35.0 Å². The third-order valence-electron chi connectivity index (χ3n) is 2.76. The second-order valence-corrected chi connectivity index (χ2v) is 4.46. The molecule has 0 aliphatic rings. The summed E-state index contributed by atoms with van der Waals surface area (Å²) < 4.78 is 5.33. The van der Waals surface area contributed by atoms with Crippen molar-refractivity contribution in [3.8, 4) is 22.5 Å². The van der Waals surface area contributed by atoms with Crippen LogP contribution in [0.2, 0.25) is 5.02 Å². The van der Waals surface area contributed by atoms with E-state index in [9.17, 15) is 0 Å². The first-order valence-corrected chi connectivity index (χ1v) is 6.05. The second kappa shape index (κ2) is 4.74. The number of hydrogen-bond acceptors (Lipinski definition) is 4. The number of nitrogens with two attached hydrogens (primary N) is 1. The molecule has 0 aliphatic heterocycles. The fraction of sp³-hybridized carbons (Fsp3) is 0. The second-order valence-electron chi connectivity index (χ2n) is 4.02. The number of aromatic nitrogens is 2. The van der Waals surface area contributed by atoms with Crippen LogP contribution in [0.4, 0.5) is 5.82 Å². The number of halogens is 1. The van der Waals surface area contributed by atoms with Crippen molar-refractivity contribution in [2.24, 2.45) is 0 Å². The number of hydrogen-bond donors (Lipinski definition) is 1. The summed E-state index contributed by atoms with van der Waals surface area (Å²) in [5.41, 5.74) is 8.30. The van der Waals surface area contributed by atoms with E-state index >= 15 is 0 Å². The molecule has 3 aromatic rings. The summed E-state index contributed by atoms with van der Waals surface area (Å²) in [7, 11) is 0. The molecule has 2 aromatic heterocycles. The van der Waals surface area contributed by atoms with Gasteiger partial charge in [-0.25, -0.2) is 0 Å². The Morgan fingerprint density at radius 3 is 2.68 bits per heavy atom. The Kier molecular flexibility index (Phi) is 2.93. The summed E-state index contributed by atoms with van der Waals surface area (Å²) in [5.74, 6) is 0.927. The van der Waals surface area contributed by atoms with Crippen LogP contribution < -0.4 is 5.73 Å². The van der Waals surface area contributed by atoms with Crippen LogP contribution >= 0.6 is 11.6 Å². The molecule has 0 fully saturated rings. The minimum atomic E-state index is 0.336. The van der Waals surface area contributed by atoms with Crippen molar-refractivity contribution in [3.05, 3.63) is 53.8 Å². The Morgan fingerprint density at radius 2 is 1.95 bits per heavy atom. The first-order chi connectivity index (χ1) is 9.25. The molecule has 3 rings (SSSR count). The van der Waals surface area contributed by atoms with E-state index in [4.69, 9.17) is 21.9 Å². The monoisotopic (exact) mass is 271 g/mol. The Morgan fingerprint density at radius 1 is 1.11 bits per heavy atom. The standard InChI is InChI=1S/C14H10ClN3O/c15-11-5-1-3-9(7-11)13-12(14(16)18-19-13)10-4-2-6-17-8-10/h1-8H,(H2,16,18). The van der Waals surface area contributed by atoms with E-state index in [1.54, 1.807) is 24.5 Å². The van der Waals surface area contributed by atoms with Crippen molar-refractivity contribution in [2.45, 2.75) is 0 Å². The van der Waals surface area contributed by atoms with Crippen molar-refractivity contribution < 1.29 is 4.52 Å². The van der Waals surface area contributed by atoms with Gasteiger partial charge in [0.1, 0.15) is 0 Å². The highest BCUT2D eigenvalue weighted by Crippen LogP contribution is 2.36. The van der Waals surface area contributed by atoms with Gasteiger partial charge in [0.2, 0.25) is 0 Å². The van der Waals surface area contributed by atoms with Gasteiger partial charge in [-0.2, -0.15) is 0 Å². The quantitative estimate of drug-likeness (QED) is 0.773. The lowest BCUT2D eigenvalue weighted by atomic mass is 10.0. The van der Waals surface area contributed by atoms with Crippen LogP contribution in [-0.2, 0) is 0 Å². The number of nitrogen functional groups attached to an aromatic ring is 1. The minimum Gasteiger partial charge on any atom is -0.380 e. The van der Waals surface area contributed by atoms with Crippen LogP contribution in [-0.4, -0.2) is 10.1 Å². The predicted molar refractivity (Wildman–Crippen MR) is 74.6 cm³/mol. The molecule has 19 heavy (non-hydrogen) atoms. The molecule has 0 saturated heterocycles. The zero-order chi connectivity index (χ0) is 13.2. The smallest absolute Gasteiger partial charge is 0.177 e. The summed E-state index contributed by atoms with van der Waals surface area (Å²) in [6.45, 7) is 0. The molecular formula is C14H10ClN3O. The molecule has 0 radical (unpaired) electrons. The first-order valence-electron chi connectivity index (χ1n) is 5.67. The first kappa shape index (κ1) is 11.7. The predicted octanol–water partition coefficient (Wildman–Crippen LogP) is 3.64. The summed E-state index contributed by atoms with van der Waals surface area (Å²) in [6.07, 6.45) is 3.42. The maximum Gasteiger partial charge on any atom is 0.177 e. The number of anilines is 1. The van der Waals surface area contributed by atoms with E-state index in [1.807, 2.05) is 24.3 Å². The van der Waals surface area contributed by atoms with E-state index in [2.05, 4.69) is 10.1 Å². The van der Waals surface area contributed by atoms with Crippen molar-refractivity contribution in [1.82, 2.24) is 10.1 Å². The molecule has 1 aromatic carbocycles. The molecule has 0 atom stereocenters. The van der Waals surface area contributed by atoms with Crippen LogP contribution in [0.1, 0.15) is 0 Å². The molecule has 0 amide bonds. The lowest BCUT2D eigenvalue weighted by molar-refractivity contribution is 0.436. The molecule has 0 saturated carbocycles. The van der Waals surface area contributed by atoms with Crippen molar-refractivity contribution in [2.75, 3.05) is 5.73 Å². The Hall–Kier alpha value is -2.33. The van der Waals surface area contributed by atoms with Crippen LogP contribution in [0, 0.1) is 0 Å². The number of rotatable bonds is 2. The lowest BCUT2D eigenvalue weighted by Crippen LogP contribution is -1.89. The molecule has 4 nitrogen and oxygen atoms in total. The highest BCUT2D eigenvalue weighted by Gasteiger charge is 2.17. The zero-order valence-corrected chi connectivity index (χ0v) is 10.6. The zero-order valence-electron chi connectivity index (χ0n) is 9.88. The number of benzene rings is 1. The number of nitrogens with zero attached hydrogens (tertiary/aromatic N) is 2. The summed E-state index contributed by atoms with van der Waals surface area (Å²) in [6, 6.07) is 11.1. The van der Waals surface area contributed by atoms with Crippen molar-refractivity contribution in [3.63, 3.8) is 0 Å². The summed E-state index contributed by atoms with van der Waals surface area (Å²) in [5, 5.41) is 4.46. The van der Waals surface area contributed by atoms with Gasteiger partial charge < -0.3 is 10.3 Å². The van der Waals surface area contributed by atoms with Crippen LogP contribution in [0.25, 0.3) is 22.5 Å². The molecule has 0 aliphatic carbocycles. The van der Waals surface area contributed by atoms with Gasteiger partial charge in [-0.3, -0.25) is 4.98 Å². The third kappa shape index (κ3) is 2.18. The Balaban J connectivity index is 2.19. The molecular weight excluding hydrogens is 262 g/mol. The van der Waals surface area contributed by atoms with Gasteiger partial charge in [-0.05, 0) is 18.2 Å². The van der Waals surface area contributed by atoms with E-state index < -0.39 is 0 Å². The van der Waals surface area contributed by atoms with Crippen LogP contribution in [0.15, 0.2) is 53.3 Å². The molecule has 5 heteroatoms. The minimum absolute atomic E-state index is 0.336. The van der Waals surface area contributed by atoms with E-state index in [-0.39, 0.29) is 0 Å². The van der Waals surface area contributed by atoms with Gasteiger partial charge in [0, 0.05) is 28.5 Å². The van der Waals surface area contributed by atoms with Gasteiger partial charge in [0.25, 0.3) is 0 Å². The molecule has 2 N–H and O–H groups in total. The molecule has 0 bridgehead atoms. The fourth-order valence-electron chi connectivity index (χ4n) is 1.92. The summed E-state index contributed by atoms with van der Waals surface area (Å²) >= 11 is 5.99. The van der Waals surface area contributed by atoms with Crippen LogP contribution in [0.5, 0.6) is 0 Å². The Labute approximate surface area is 114 Å². The van der Waals surface area contributed by atoms with Crippen molar-refractivity contribution >= 4 is 17.4 Å².